The van der Waals surface area contributed by atoms with Crippen LogP contribution in [0.25, 0.3) is 16.9 Å². The molecular weight excluding hydrogens is 397 g/mol. The molecule has 1 aromatic heterocycles. The lowest BCUT2D eigenvalue weighted by Gasteiger charge is -2.08. The second kappa shape index (κ2) is 8.10. The van der Waals surface area contributed by atoms with E-state index in [9.17, 15) is 4.79 Å². The van der Waals surface area contributed by atoms with Crippen molar-refractivity contribution < 1.29 is 9.63 Å². The molecule has 0 spiro atoms. The van der Waals surface area contributed by atoms with E-state index in [0.29, 0.717) is 38.6 Å². The Labute approximate surface area is 165 Å². The van der Waals surface area contributed by atoms with Gasteiger partial charge in [-0.05, 0) is 37.3 Å². The van der Waals surface area contributed by atoms with E-state index in [-0.39, 0.29) is 5.69 Å². The third-order valence-corrected chi connectivity index (χ3v) is 4.62. The fourth-order valence-corrected chi connectivity index (χ4v) is 2.87. The fourth-order valence-electron chi connectivity index (χ4n) is 2.35. The SMILES string of the molecule is CCONC(=O)c1cc(-c2ccccc2Cl)nn1-c1ccc(Cl)c(Cl)c1. The molecule has 0 unspecified atom stereocenters. The minimum Gasteiger partial charge on any atom is -0.274 e. The van der Waals surface area contributed by atoms with Crippen molar-refractivity contribution in [2.24, 2.45) is 0 Å². The van der Waals surface area contributed by atoms with Gasteiger partial charge in [-0.1, -0.05) is 53.0 Å². The maximum absolute atomic E-state index is 12.5. The lowest BCUT2D eigenvalue weighted by molar-refractivity contribution is 0.0357. The van der Waals surface area contributed by atoms with Crippen LogP contribution in [0.2, 0.25) is 15.1 Å². The smallest absolute Gasteiger partial charge is 0.274 e. The molecule has 8 heteroatoms. The van der Waals surface area contributed by atoms with Crippen LogP contribution in [0.3, 0.4) is 0 Å². The number of nitrogens with one attached hydrogen (secondary N) is 1. The van der Waals surface area contributed by atoms with Crippen LogP contribution in [0, 0.1) is 0 Å². The minimum atomic E-state index is -0.441. The van der Waals surface area contributed by atoms with Gasteiger partial charge in [0.05, 0.1) is 33.1 Å². The highest BCUT2D eigenvalue weighted by atomic mass is 35.5. The van der Waals surface area contributed by atoms with E-state index >= 15 is 0 Å². The maximum atomic E-state index is 12.5. The molecule has 26 heavy (non-hydrogen) atoms. The van der Waals surface area contributed by atoms with Gasteiger partial charge in [-0.25, -0.2) is 10.2 Å². The number of benzene rings is 2. The van der Waals surface area contributed by atoms with Gasteiger partial charge < -0.3 is 0 Å². The quantitative estimate of drug-likeness (QED) is 0.590. The molecule has 0 saturated heterocycles. The highest BCUT2D eigenvalue weighted by Gasteiger charge is 2.19. The Bertz CT molecular complexity index is 957. The minimum absolute atomic E-state index is 0.270. The summed E-state index contributed by atoms with van der Waals surface area (Å²) in [5, 5.41) is 5.82. The number of carbonyl (C=O) groups excluding carboxylic acids is 1. The van der Waals surface area contributed by atoms with Gasteiger partial charge in [-0.15, -0.1) is 0 Å². The molecule has 0 atom stereocenters. The first-order valence-electron chi connectivity index (χ1n) is 7.73. The number of halogens is 3. The van der Waals surface area contributed by atoms with Crippen LogP contribution in [-0.2, 0) is 4.84 Å². The average Bonchev–Trinajstić information content (AvgIpc) is 3.07. The molecule has 3 aromatic rings. The molecule has 0 aliphatic carbocycles. The number of carbonyl (C=O) groups is 1. The second-order valence-electron chi connectivity index (χ2n) is 5.27. The van der Waals surface area contributed by atoms with Crippen LogP contribution >= 0.6 is 34.8 Å². The number of hydrogen-bond acceptors (Lipinski definition) is 3. The van der Waals surface area contributed by atoms with Crippen LogP contribution < -0.4 is 5.48 Å². The van der Waals surface area contributed by atoms with Crippen LogP contribution in [0.5, 0.6) is 0 Å². The van der Waals surface area contributed by atoms with Crippen molar-refractivity contribution in [3.63, 3.8) is 0 Å². The molecule has 3 rings (SSSR count). The zero-order valence-electron chi connectivity index (χ0n) is 13.7. The van der Waals surface area contributed by atoms with Crippen LogP contribution in [-0.4, -0.2) is 22.3 Å². The normalized spacial score (nSPS) is 10.8. The summed E-state index contributed by atoms with van der Waals surface area (Å²) < 4.78 is 1.47. The summed E-state index contributed by atoms with van der Waals surface area (Å²) in [6.45, 7) is 2.11. The van der Waals surface area contributed by atoms with Gasteiger partial charge in [-0.3, -0.25) is 9.63 Å². The molecule has 0 radical (unpaired) electrons. The van der Waals surface area contributed by atoms with Crippen molar-refractivity contribution in [3.8, 4) is 16.9 Å². The number of hydrogen-bond donors (Lipinski definition) is 1. The lowest BCUT2D eigenvalue weighted by atomic mass is 10.1. The van der Waals surface area contributed by atoms with Crippen LogP contribution in [0.15, 0.2) is 48.5 Å². The summed E-state index contributed by atoms with van der Waals surface area (Å²) in [7, 11) is 0. The molecule has 2 aromatic carbocycles. The van der Waals surface area contributed by atoms with E-state index in [0.717, 1.165) is 0 Å². The lowest BCUT2D eigenvalue weighted by Crippen LogP contribution is -2.26. The van der Waals surface area contributed by atoms with E-state index in [1.54, 1.807) is 37.3 Å². The predicted molar refractivity (Wildman–Crippen MR) is 103 cm³/mol. The maximum Gasteiger partial charge on any atom is 0.293 e. The molecule has 1 amide bonds. The molecule has 0 aliphatic rings. The molecule has 0 saturated carbocycles. The first-order valence-corrected chi connectivity index (χ1v) is 8.87. The number of hydroxylamine groups is 1. The van der Waals surface area contributed by atoms with Gasteiger partial charge in [0.1, 0.15) is 5.69 Å². The summed E-state index contributed by atoms with van der Waals surface area (Å²) in [4.78, 5) is 17.5. The van der Waals surface area contributed by atoms with E-state index in [2.05, 4.69) is 10.6 Å². The second-order valence-corrected chi connectivity index (χ2v) is 6.49. The van der Waals surface area contributed by atoms with Gasteiger partial charge in [-0.2, -0.15) is 5.10 Å². The molecule has 0 aliphatic heterocycles. The Morgan fingerprint density at radius 2 is 1.85 bits per heavy atom. The summed E-state index contributed by atoms with van der Waals surface area (Å²) >= 11 is 18.4. The predicted octanol–water partition coefficient (Wildman–Crippen LogP) is 5.18. The van der Waals surface area contributed by atoms with Crippen molar-refractivity contribution in [1.82, 2.24) is 15.3 Å². The van der Waals surface area contributed by atoms with Crippen molar-refractivity contribution in [1.29, 1.82) is 0 Å². The third kappa shape index (κ3) is 3.86. The molecule has 1 heterocycles. The van der Waals surface area contributed by atoms with Gasteiger partial charge in [0.2, 0.25) is 0 Å². The largest absolute Gasteiger partial charge is 0.293 e. The molecule has 134 valence electrons. The average molecular weight is 411 g/mol. The zero-order valence-corrected chi connectivity index (χ0v) is 15.9. The first kappa shape index (κ1) is 18.7. The Morgan fingerprint density at radius 1 is 1.08 bits per heavy atom. The van der Waals surface area contributed by atoms with E-state index in [4.69, 9.17) is 39.6 Å². The molecule has 5 nitrogen and oxygen atoms in total. The van der Waals surface area contributed by atoms with Crippen LogP contribution in [0.4, 0.5) is 0 Å². The van der Waals surface area contributed by atoms with Gasteiger partial charge in [0.25, 0.3) is 5.91 Å². The Morgan fingerprint density at radius 3 is 2.54 bits per heavy atom. The monoisotopic (exact) mass is 409 g/mol. The number of aromatic nitrogens is 2. The Kier molecular flexibility index (Phi) is 5.84. The number of rotatable bonds is 5. The summed E-state index contributed by atoms with van der Waals surface area (Å²) in [6.07, 6.45) is 0. The van der Waals surface area contributed by atoms with Gasteiger partial charge in [0.15, 0.2) is 0 Å². The van der Waals surface area contributed by atoms with Crippen molar-refractivity contribution >= 4 is 40.7 Å². The topological polar surface area (TPSA) is 56.1 Å². The van der Waals surface area contributed by atoms with E-state index in [1.807, 2.05) is 18.2 Å². The molecule has 0 bridgehead atoms. The van der Waals surface area contributed by atoms with Crippen molar-refractivity contribution in [3.05, 3.63) is 69.3 Å². The van der Waals surface area contributed by atoms with E-state index < -0.39 is 5.91 Å². The summed E-state index contributed by atoms with van der Waals surface area (Å²) in [6, 6.07) is 13.9. The first-order chi connectivity index (χ1) is 12.5. The molecule has 1 N–H and O–H groups in total. The van der Waals surface area contributed by atoms with Crippen LogP contribution in [0.1, 0.15) is 17.4 Å². The molecule has 0 fully saturated rings. The highest BCUT2D eigenvalue weighted by Crippen LogP contribution is 2.30. The summed E-state index contributed by atoms with van der Waals surface area (Å²) in [5.74, 6) is -0.441. The fraction of sp³-hybridized carbons (Fsp3) is 0.111. The standard InChI is InChI=1S/C18H14Cl3N3O2/c1-2-26-23-18(25)17-10-16(12-5-3-4-6-13(12)19)22-24(17)11-7-8-14(20)15(21)9-11/h3-10H,2H2,1H3,(H,23,25). The van der Waals surface area contributed by atoms with Crippen molar-refractivity contribution in [2.45, 2.75) is 6.92 Å². The Hall–Kier alpha value is -2.05. The number of amides is 1. The number of nitrogens with zero attached hydrogens (tertiary/aromatic N) is 2. The van der Waals surface area contributed by atoms with Gasteiger partial charge in [0, 0.05) is 5.56 Å². The molecular formula is C18H14Cl3N3O2. The van der Waals surface area contributed by atoms with Gasteiger partial charge >= 0.3 is 0 Å². The Balaban J connectivity index is 2.13. The van der Waals surface area contributed by atoms with E-state index in [1.165, 1.54) is 4.68 Å². The third-order valence-electron chi connectivity index (χ3n) is 3.55. The van der Waals surface area contributed by atoms with Crippen molar-refractivity contribution in [2.75, 3.05) is 6.61 Å². The zero-order chi connectivity index (χ0) is 18.7. The highest BCUT2D eigenvalue weighted by molar-refractivity contribution is 6.42. The summed E-state index contributed by atoms with van der Waals surface area (Å²) in [5.41, 5.74) is 4.48.